The first-order valence-electron chi connectivity index (χ1n) is 9.08. The van der Waals surface area contributed by atoms with Crippen LogP contribution in [0.15, 0.2) is 85.2 Å². The van der Waals surface area contributed by atoms with Gasteiger partial charge in [0.25, 0.3) is 0 Å². The van der Waals surface area contributed by atoms with Gasteiger partial charge in [-0.05, 0) is 29.8 Å². The number of anilines is 2. The average Bonchev–Trinajstić information content (AvgIpc) is 3.12. The zero-order valence-corrected chi connectivity index (χ0v) is 15.8. The predicted molar refractivity (Wildman–Crippen MR) is 114 cm³/mol. The first-order valence-corrected chi connectivity index (χ1v) is 9.46. The Hall–Kier alpha value is -3.37. The topological polar surface area (TPSA) is 44.8 Å². The molecule has 28 heavy (non-hydrogen) atoms. The molecule has 0 atom stereocenters. The van der Waals surface area contributed by atoms with Crippen LogP contribution in [-0.2, 0) is 6.54 Å². The van der Waals surface area contributed by atoms with E-state index in [0.29, 0.717) is 11.6 Å². The lowest BCUT2D eigenvalue weighted by atomic mass is 10.1. The van der Waals surface area contributed by atoms with Crippen LogP contribution in [0.4, 0.5) is 11.5 Å². The molecule has 0 spiro atoms. The van der Waals surface area contributed by atoms with E-state index in [1.165, 1.54) is 5.56 Å². The molecule has 3 aromatic rings. The Bertz CT molecular complexity index is 1220. The van der Waals surface area contributed by atoms with Crippen molar-refractivity contribution >= 4 is 34.0 Å². The molecule has 2 heterocycles. The monoisotopic (exact) mass is 384 g/mol. The van der Waals surface area contributed by atoms with E-state index in [-0.39, 0.29) is 0 Å². The summed E-state index contributed by atoms with van der Waals surface area (Å²) < 4.78 is 0. The fourth-order valence-electron chi connectivity index (χ4n) is 3.54. The van der Waals surface area contributed by atoms with Crippen LogP contribution in [0.3, 0.4) is 0 Å². The van der Waals surface area contributed by atoms with Gasteiger partial charge in [0.05, 0.1) is 17.4 Å². The standard InChI is InChI=1S/C23H17ClN4/c24-17-9-6-10-18(13-17)28(14-16-7-2-1-3-8-16)23-21-19-11-4-5-12-20(19)27-22(21)25-15-26-23/h1-13,15H,14H2,(H,25,26,27). The van der Waals surface area contributed by atoms with Crippen molar-refractivity contribution in [2.75, 3.05) is 4.90 Å². The lowest BCUT2D eigenvalue weighted by Crippen LogP contribution is -2.19. The van der Waals surface area contributed by atoms with Gasteiger partial charge in [0.1, 0.15) is 11.6 Å². The molecular weight excluding hydrogens is 368 g/mol. The normalized spacial score (nSPS) is 11.2. The molecule has 0 aliphatic carbocycles. The van der Waals surface area contributed by atoms with Crippen molar-refractivity contribution in [3.05, 3.63) is 95.8 Å². The number of aromatic amines is 1. The molecule has 5 heteroatoms. The van der Waals surface area contributed by atoms with Crippen LogP contribution in [0, 0.1) is 0 Å². The van der Waals surface area contributed by atoms with Crippen molar-refractivity contribution in [1.29, 1.82) is 0 Å². The summed E-state index contributed by atoms with van der Waals surface area (Å²) in [7, 11) is 0. The fourth-order valence-corrected chi connectivity index (χ4v) is 3.72. The third-order valence-corrected chi connectivity index (χ3v) is 5.05. The van der Waals surface area contributed by atoms with E-state index in [1.807, 2.05) is 54.6 Å². The zero-order valence-electron chi connectivity index (χ0n) is 15.0. The maximum atomic E-state index is 6.31. The molecule has 0 bridgehead atoms. The lowest BCUT2D eigenvalue weighted by Gasteiger charge is -2.26. The predicted octanol–water partition coefficient (Wildman–Crippen LogP) is 6.05. The fraction of sp³-hybridized carbons (Fsp3) is 0.0435. The van der Waals surface area contributed by atoms with Crippen LogP contribution in [0.25, 0.3) is 22.3 Å². The summed E-state index contributed by atoms with van der Waals surface area (Å²) in [6, 6.07) is 26.4. The molecule has 0 amide bonds. The highest BCUT2D eigenvalue weighted by molar-refractivity contribution is 6.30. The molecule has 0 unspecified atom stereocenters. The Morgan fingerprint density at radius 2 is 1.71 bits per heavy atom. The van der Waals surface area contributed by atoms with Gasteiger partial charge < -0.3 is 9.88 Å². The minimum absolute atomic E-state index is 0.673. The van der Waals surface area contributed by atoms with Crippen LogP contribution < -0.4 is 4.90 Å². The second-order valence-electron chi connectivity index (χ2n) is 6.63. The smallest absolute Gasteiger partial charge is 0.146 e. The SMILES string of the molecule is Clc1cccc(N(Cc2ccccc2)c2nc[nH]c3nc4ccccc4c2-3)c1. The molecule has 5 rings (SSSR count). The van der Waals surface area contributed by atoms with Gasteiger partial charge >= 0.3 is 0 Å². The molecular formula is C23H17ClN4. The maximum absolute atomic E-state index is 6.31. The molecule has 2 aliphatic rings. The van der Waals surface area contributed by atoms with Crippen molar-refractivity contribution in [2.45, 2.75) is 6.54 Å². The molecule has 0 radical (unpaired) electrons. The van der Waals surface area contributed by atoms with Gasteiger partial charge in [0.2, 0.25) is 0 Å². The summed E-state index contributed by atoms with van der Waals surface area (Å²) in [6.07, 6.45) is 1.70. The quantitative estimate of drug-likeness (QED) is 0.410. The molecule has 1 N–H and O–H groups in total. The van der Waals surface area contributed by atoms with Crippen molar-refractivity contribution in [2.24, 2.45) is 0 Å². The minimum Gasteiger partial charge on any atom is -0.330 e. The third kappa shape index (κ3) is 2.98. The Labute approximate surface area is 167 Å². The summed E-state index contributed by atoms with van der Waals surface area (Å²) >= 11 is 6.31. The van der Waals surface area contributed by atoms with Gasteiger partial charge in [0.15, 0.2) is 0 Å². The zero-order chi connectivity index (χ0) is 18.9. The number of hydrogen-bond acceptors (Lipinski definition) is 3. The van der Waals surface area contributed by atoms with E-state index >= 15 is 0 Å². The van der Waals surface area contributed by atoms with Crippen LogP contribution in [0.5, 0.6) is 0 Å². The van der Waals surface area contributed by atoms with E-state index in [1.54, 1.807) is 6.33 Å². The lowest BCUT2D eigenvalue weighted by molar-refractivity contribution is 0.938. The largest absolute Gasteiger partial charge is 0.330 e. The minimum atomic E-state index is 0.673. The molecule has 0 fully saturated rings. The molecule has 0 saturated carbocycles. The van der Waals surface area contributed by atoms with Crippen LogP contribution >= 0.6 is 11.6 Å². The van der Waals surface area contributed by atoms with Crippen LogP contribution in [0.2, 0.25) is 5.02 Å². The number of nitrogens with zero attached hydrogens (tertiary/aromatic N) is 3. The Balaban J connectivity index is 1.73. The van der Waals surface area contributed by atoms with E-state index in [2.05, 4.69) is 34.1 Å². The summed E-state index contributed by atoms with van der Waals surface area (Å²) in [4.78, 5) is 14.8. The molecule has 4 nitrogen and oxygen atoms in total. The average molecular weight is 385 g/mol. The van der Waals surface area contributed by atoms with Gasteiger partial charge in [0, 0.05) is 22.6 Å². The summed E-state index contributed by atoms with van der Waals surface area (Å²) in [5.74, 6) is 1.68. The number of aromatic nitrogens is 3. The number of hydrogen-bond donors (Lipinski definition) is 1. The molecule has 2 aliphatic heterocycles. The van der Waals surface area contributed by atoms with Gasteiger partial charge in [-0.1, -0.05) is 66.2 Å². The Morgan fingerprint density at radius 3 is 2.57 bits per heavy atom. The highest BCUT2D eigenvalue weighted by Crippen LogP contribution is 2.39. The second-order valence-corrected chi connectivity index (χ2v) is 7.07. The first kappa shape index (κ1) is 16.8. The number of para-hydroxylation sites is 1. The molecule has 0 saturated heterocycles. The summed E-state index contributed by atoms with van der Waals surface area (Å²) in [5.41, 5.74) is 4.14. The van der Waals surface area contributed by atoms with Crippen molar-refractivity contribution in [3.63, 3.8) is 0 Å². The highest BCUT2D eigenvalue weighted by Gasteiger charge is 2.23. The van der Waals surface area contributed by atoms with E-state index in [0.717, 1.165) is 33.8 Å². The van der Waals surface area contributed by atoms with Gasteiger partial charge in [-0.25, -0.2) is 9.97 Å². The van der Waals surface area contributed by atoms with Gasteiger partial charge in [-0.2, -0.15) is 0 Å². The van der Waals surface area contributed by atoms with Crippen molar-refractivity contribution < 1.29 is 0 Å². The number of H-pyrrole nitrogens is 1. The maximum Gasteiger partial charge on any atom is 0.146 e. The van der Waals surface area contributed by atoms with Crippen LogP contribution in [0.1, 0.15) is 5.56 Å². The van der Waals surface area contributed by atoms with Gasteiger partial charge in [-0.15, -0.1) is 0 Å². The van der Waals surface area contributed by atoms with E-state index in [4.69, 9.17) is 21.6 Å². The van der Waals surface area contributed by atoms with Crippen molar-refractivity contribution in [3.8, 4) is 11.4 Å². The van der Waals surface area contributed by atoms with Crippen molar-refractivity contribution in [1.82, 2.24) is 15.0 Å². The number of nitrogens with one attached hydrogen (secondary N) is 1. The number of fused-ring (bicyclic) bond motifs is 3. The van der Waals surface area contributed by atoms with Crippen LogP contribution in [-0.4, -0.2) is 15.0 Å². The number of benzene rings is 3. The van der Waals surface area contributed by atoms with E-state index in [9.17, 15) is 0 Å². The molecule has 136 valence electrons. The molecule has 3 aromatic carbocycles. The van der Waals surface area contributed by atoms with Gasteiger partial charge in [-0.3, -0.25) is 0 Å². The number of rotatable bonds is 4. The molecule has 0 aromatic heterocycles. The summed E-state index contributed by atoms with van der Waals surface area (Å²) in [6.45, 7) is 0.673. The second kappa shape index (κ2) is 6.98. The Kier molecular flexibility index (Phi) is 4.18. The first-order chi connectivity index (χ1) is 13.8. The number of halogens is 1. The summed E-state index contributed by atoms with van der Waals surface area (Å²) in [5, 5.41) is 1.77. The Morgan fingerprint density at radius 1 is 0.893 bits per heavy atom. The third-order valence-electron chi connectivity index (χ3n) is 4.81. The highest BCUT2D eigenvalue weighted by atomic mass is 35.5. The van der Waals surface area contributed by atoms with E-state index < -0.39 is 0 Å².